The molecule has 0 saturated carbocycles. The molecule has 0 radical (unpaired) electrons. The first kappa shape index (κ1) is 20.9. The van der Waals surface area contributed by atoms with Crippen LogP contribution in [0.25, 0.3) is 38.3 Å². The number of para-hydroxylation sites is 1. The Labute approximate surface area is 201 Å². The van der Waals surface area contributed by atoms with Gasteiger partial charge in [0.2, 0.25) is 5.78 Å². The number of ether oxygens (including phenoxy) is 1. The summed E-state index contributed by atoms with van der Waals surface area (Å²) in [4.78, 5) is 29.8. The first-order valence-corrected chi connectivity index (χ1v) is 11.6. The second-order valence-electron chi connectivity index (χ2n) is 8.43. The molecule has 0 saturated heterocycles. The van der Waals surface area contributed by atoms with E-state index in [1.165, 1.54) is 0 Å². The van der Waals surface area contributed by atoms with Crippen LogP contribution in [0.1, 0.15) is 33.3 Å². The van der Waals surface area contributed by atoms with E-state index in [-0.39, 0.29) is 11.8 Å². The molecule has 0 spiro atoms. The van der Waals surface area contributed by atoms with Crippen molar-refractivity contribution < 1.29 is 14.3 Å². The fraction of sp³-hybridized carbons (Fsp3) is 0.0667. The number of nitrogens with one attached hydrogen (secondary N) is 1. The first-order chi connectivity index (χ1) is 17.2. The van der Waals surface area contributed by atoms with Crippen LogP contribution in [0.2, 0.25) is 0 Å². The molecule has 0 unspecified atom stereocenters. The Bertz CT molecular complexity index is 1730. The minimum Gasteiger partial charge on any atom is -0.462 e. The average Bonchev–Trinajstić information content (AvgIpc) is 3.44. The summed E-state index contributed by atoms with van der Waals surface area (Å²) < 4.78 is 7.02. The SMILES string of the molecule is CCOC(=O)c1ccc(-n2cc3[nH]c4ccccc4c3c2C(=O)c2cccc3ccccc23)cc1. The van der Waals surface area contributed by atoms with Crippen molar-refractivity contribution in [1.82, 2.24) is 9.55 Å². The highest BCUT2D eigenvalue weighted by atomic mass is 16.5. The molecule has 1 N–H and O–H groups in total. The Morgan fingerprint density at radius 2 is 1.51 bits per heavy atom. The Morgan fingerprint density at radius 1 is 0.800 bits per heavy atom. The molecule has 35 heavy (non-hydrogen) atoms. The molecule has 5 nitrogen and oxygen atoms in total. The van der Waals surface area contributed by atoms with E-state index in [4.69, 9.17) is 4.74 Å². The third-order valence-corrected chi connectivity index (χ3v) is 6.38. The number of hydrogen-bond donors (Lipinski definition) is 1. The molecule has 0 aliphatic carbocycles. The topological polar surface area (TPSA) is 64.1 Å². The predicted octanol–water partition coefficient (Wildman–Crippen LogP) is 6.67. The molecule has 6 aromatic rings. The van der Waals surface area contributed by atoms with Crippen molar-refractivity contribution in [3.8, 4) is 5.69 Å². The molecule has 2 heterocycles. The van der Waals surface area contributed by atoms with Crippen molar-refractivity contribution in [1.29, 1.82) is 0 Å². The van der Waals surface area contributed by atoms with Gasteiger partial charge >= 0.3 is 5.97 Å². The number of esters is 1. The van der Waals surface area contributed by atoms with Gasteiger partial charge in [-0.2, -0.15) is 0 Å². The molecule has 0 amide bonds. The molecule has 2 aromatic heterocycles. The number of carbonyl (C=O) groups is 2. The van der Waals surface area contributed by atoms with Crippen molar-refractivity contribution >= 4 is 44.3 Å². The largest absolute Gasteiger partial charge is 0.462 e. The summed E-state index contributed by atoms with van der Waals surface area (Å²) in [6, 6.07) is 28.9. The normalized spacial score (nSPS) is 11.3. The number of ketones is 1. The van der Waals surface area contributed by atoms with E-state index in [0.717, 1.165) is 38.3 Å². The van der Waals surface area contributed by atoms with Crippen LogP contribution in [-0.4, -0.2) is 27.9 Å². The highest BCUT2D eigenvalue weighted by Crippen LogP contribution is 2.34. The molecular formula is C30H22N2O3. The van der Waals surface area contributed by atoms with E-state index in [1.807, 2.05) is 89.6 Å². The van der Waals surface area contributed by atoms with Gasteiger partial charge < -0.3 is 14.3 Å². The second kappa shape index (κ2) is 8.29. The Balaban J connectivity index is 1.59. The van der Waals surface area contributed by atoms with Gasteiger partial charge in [-0.1, -0.05) is 60.7 Å². The van der Waals surface area contributed by atoms with Gasteiger partial charge in [-0.3, -0.25) is 4.79 Å². The summed E-state index contributed by atoms with van der Waals surface area (Å²) in [7, 11) is 0. The van der Waals surface area contributed by atoms with Crippen LogP contribution in [0.15, 0.2) is 97.2 Å². The molecule has 0 aliphatic heterocycles. The van der Waals surface area contributed by atoms with Crippen LogP contribution in [0.4, 0.5) is 0 Å². The van der Waals surface area contributed by atoms with Crippen molar-refractivity contribution in [3.63, 3.8) is 0 Å². The first-order valence-electron chi connectivity index (χ1n) is 11.6. The lowest BCUT2D eigenvalue weighted by molar-refractivity contribution is 0.0526. The number of hydrogen-bond acceptors (Lipinski definition) is 3. The molecule has 5 heteroatoms. The standard InChI is InChI=1S/C30H22N2O3/c1-2-35-30(34)20-14-16-21(17-15-20)32-18-26-27(24-11-5-6-13-25(24)31-26)28(32)29(33)23-12-7-9-19-8-3-4-10-22(19)23/h3-18,31H,2H2,1H3. The summed E-state index contributed by atoms with van der Waals surface area (Å²) in [5.74, 6) is -0.423. The lowest BCUT2D eigenvalue weighted by Crippen LogP contribution is -2.10. The van der Waals surface area contributed by atoms with Crippen molar-refractivity contribution in [2.24, 2.45) is 0 Å². The maximum absolute atomic E-state index is 14.2. The lowest BCUT2D eigenvalue weighted by atomic mass is 9.98. The van der Waals surface area contributed by atoms with Gasteiger partial charge in [0.15, 0.2) is 0 Å². The highest BCUT2D eigenvalue weighted by Gasteiger charge is 2.24. The third-order valence-electron chi connectivity index (χ3n) is 6.38. The molecule has 0 aliphatic rings. The van der Waals surface area contributed by atoms with E-state index >= 15 is 0 Å². The van der Waals surface area contributed by atoms with E-state index < -0.39 is 0 Å². The number of rotatable bonds is 5. The second-order valence-corrected chi connectivity index (χ2v) is 8.43. The smallest absolute Gasteiger partial charge is 0.338 e. The zero-order valence-electron chi connectivity index (χ0n) is 19.1. The van der Waals surface area contributed by atoms with Crippen LogP contribution >= 0.6 is 0 Å². The number of fused-ring (bicyclic) bond motifs is 4. The van der Waals surface area contributed by atoms with Gasteiger partial charge in [-0.15, -0.1) is 0 Å². The molecular weight excluding hydrogens is 436 g/mol. The average molecular weight is 459 g/mol. The fourth-order valence-electron chi connectivity index (χ4n) is 4.78. The molecule has 6 rings (SSSR count). The maximum atomic E-state index is 14.2. The monoisotopic (exact) mass is 458 g/mol. The maximum Gasteiger partial charge on any atom is 0.338 e. The van der Waals surface area contributed by atoms with E-state index in [9.17, 15) is 9.59 Å². The van der Waals surface area contributed by atoms with E-state index in [1.54, 1.807) is 19.1 Å². The number of carbonyl (C=O) groups excluding carboxylic acids is 2. The predicted molar refractivity (Wildman–Crippen MR) is 138 cm³/mol. The quantitative estimate of drug-likeness (QED) is 0.232. The van der Waals surface area contributed by atoms with Gasteiger partial charge in [-0.05, 0) is 48.0 Å². The Kier molecular flexibility index (Phi) is 4.96. The molecule has 0 bridgehead atoms. The van der Waals surface area contributed by atoms with Crippen molar-refractivity contribution in [3.05, 3.63) is 114 Å². The van der Waals surface area contributed by atoms with E-state index in [2.05, 4.69) is 4.98 Å². The Morgan fingerprint density at radius 3 is 2.31 bits per heavy atom. The third kappa shape index (κ3) is 3.40. The number of benzene rings is 4. The van der Waals surface area contributed by atoms with Gasteiger partial charge in [-0.25, -0.2) is 4.79 Å². The van der Waals surface area contributed by atoms with Crippen LogP contribution in [0, 0.1) is 0 Å². The van der Waals surface area contributed by atoms with E-state index in [0.29, 0.717) is 23.4 Å². The fourth-order valence-corrected chi connectivity index (χ4v) is 4.78. The van der Waals surface area contributed by atoms with Crippen LogP contribution in [-0.2, 0) is 4.74 Å². The molecule has 0 fully saturated rings. The van der Waals surface area contributed by atoms with Gasteiger partial charge in [0.25, 0.3) is 0 Å². The Hall–Kier alpha value is -4.64. The van der Waals surface area contributed by atoms with Crippen LogP contribution in [0.5, 0.6) is 0 Å². The number of aromatic nitrogens is 2. The zero-order chi connectivity index (χ0) is 23.9. The van der Waals surface area contributed by atoms with Crippen LogP contribution < -0.4 is 0 Å². The van der Waals surface area contributed by atoms with Gasteiger partial charge in [0, 0.05) is 33.7 Å². The minimum absolute atomic E-state index is 0.0592. The molecule has 0 atom stereocenters. The zero-order valence-corrected chi connectivity index (χ0v) is 19.1. The lowest BCUT2D eigenvalue weighted by Gasteiger charge is -2.12. The summed E-state index contributed by atoms with van der Waals surface area (Å²) in [6.07, 6.45) is 1.95. The molecule has 4 aromatic carbocycles. The summed E-state index contributed by atoms with van der Waals surface area (Å²) in [6.45, 7) is 2.10. The highest BCUT2D eigenvalue weighted by molar-refractivity contribution is 6.25. The number of aromatic amines is 1. The van der Waals surface area contributed by atoms with Crippen LogP contribution in [0.3, 0.4) is 0 Å². The summed E-state index contributed by atoms with van der Waals surface area (Å²) in [5.41, 5.74) is 4.35. The van der Waals surface area contributed by atoms with Crippen molar-refractivity contribution in [2.75, 3.05) is 6.61 Å². The summed E-state index contributed by atoms with van der Waals surface area (Å²) in [5, 5.41) is 3.81. The minimum atomic E-state index is -0.364. The number of nitrogens with zero attached hydrogens (tertiary/aromatic N) is 1. The van der Waals surface area contributed by atoms with Gasteiger partial charge in [0.1, 0.15) is 5.69 Å². The summed E-state index contributed by atoms with van der Waals surface area (Å²) >= 11 is 0. The van der Waals surface area contributed by atoms with Gasteiger partial charge in [0.05, 0.1) is 17.7 Å². The van der Waals surface area contributed by atoms with Crippen molar-refractivity contribution in [2.45, 2.75) is 6.92 Å². The molecule has 170 valence electrons. The number of H-pyrrole nitrogens is 1.